The van der Waals surface area contributed by atoms with Gasteiger partial charge in [0.15, 0.2) is 5.54 Å². The van der Waals surface area contributed by atoms with E-state index in [0.29, 0.717) is 22.2 Å². The van der Waals surface area contributed by atoms with Gasteiger partial charge in [-0.05, 0) is 43.3 Å². The summed E-state index contributed by atoms with van der Waals surface area (Å²) in [7, 11) is 0. The molecule has 0 spiro atoms. The van der Waals surface area contributed by atoms with Gasteiger partial charge in [-0.3, -0.25) is 9.69 Å². The minimum absolute atomic E-state index is 0.137. The first kappa shape index (κ1) is 16.3. The van der Waals surface area contributed by atoms with Crippen LogP contribution in [0.2, 0.25) is 5.02 Å². The number of nitrogens with zero attached hydrogens (tertiary/aromatic N) is 3. The lowest BCUT2D eigenvalue weighted by Gasteiger charge is -2.18. The average molecular weight is 373 g/mol. The molecule has 1 saturated heterocycles. The number of amides is 3. The summed E-state index contributed by atoms with van der Waals surface area (Å²) in [5, 5.41) is 7.11. The van der Waals surface area contributed by atoms with Crippen LogP contribution in [0.3, 0.4) is 0 Å². The molecule has 0 unspecified atom stereocenters. The Balaban J connectivity index is 1.55. The summed E-state index contributed by atoms with van der Waals surface area (Å²) >= 11 is 5.86. The molecule has 1 aliphatic heterocycles. The molecule has 1 aromatic carbocycles. The van der Waals surface area contributed by atoms with Gasteiger partial charge in [0, 0.05) is 10.6 Å². The number of hydrogen-bond acceptors (Lipinski definition) is 6. The van der Waals surface area contributed by atoms with Gasteiger partial charge in [-0.15, -0.1) is 0 Å². The van der Waals surface area contributed by atoms with Gasteiger partial charge in [-0.25, -0.2) is 4.79 Å². The molecule has 132 valence electrons. The maximum atomic E-state index is 12.7. The highest BCUT2D eigenvalue weighted by Crippen LogP contribution is 2.30. The van der Waals surface area contributed by atoms with E-state index in [-0.39, 0.29) is 12.4 Å². The lowest BCUT2D eigenvalue weighted by atomic mass is 9.99. The third kappa shape index (κ3) is 2.64. The minimum atomic E-state index is -1.26. The second kappa shape index (κ2) is 5.99. The van der Waals surface area contributed by atoms with Crippen LogP contribution in [-0.2, 0) is 16.9 Å². The van der Waals surface area contributed by atoms with Gasteiger partial charge in [0.2, 0.25) is 11.7 Å². The molecule has 2 aromatic heterocycles. The molecule has 0 saturated carbocycles. The number of urea groups is 1. The summed E-state index contributed by atoms with van der Waals surface area (Å²) < 4.78 is 10.5. The van der Waals surface area contributed by atoms with Crippen molar-refractivity contribution in [3.8, 4) is 11.4 Å². The summed E-state index contributed by atoms with van der Waals surface area (Å²) in [5.41, 5.74) is -0.554. The maximum absolute atomic E-state index is 12.7. The fraction of sp³-hybridized carbons (Fsp3) is 0.176. The number of carbonyl (C=O) groups is 2. The van der Waals surface area contributed by atoms with Gasteiger partial charge < -0.3 is 14.3 Å². The molecule has 1 N–H and O–H groups in total. The number of furan rings is 1. The average Bonchev–Trinajstić information content (AvgIpc) is 3.34. The molecular formula is C17H13ClN4O4. The van der Waals surface area contributed by atoms with Crippen LogP contribution in [0.15, 0.2) is 51.6 Å². The van der Waals surface area contributed by atoms with Crippen LogP contribution < -0.4 is 5.32 Å². The molecule has 1 atom stereocenters. The van der Waals surface area contributed by atoms with Gasteiger partial charge in [-0.1, -0.05) is 16.8 Å². The molecular weight excluding hydrogens is 360 g/mol. The molecule has 1 aliphatic rings. The van der Waals surface area contributed by atoms with Gasteiger partial charge in [0.05, 0.1) is 6.26 Å². The maximum Gasteiger partial charge on any atom is 0.325 e. The van der Waals surface area contributed by atoms with Crippen molar-refractivity contribution in [3.63, 3.8) is 0 Å². The van der Waals surface area contributed by atoms with Crippen molar-refractivity contribution in [1.29, 1.82) is 0 Å². The van der Waals surface area contributed by atoms with E-state index in [2.05, 4.69) is 15.5 Å². The first-order valence-corrected chi connectivity index (χ1v) is 8.12. The van der Waals surface area contributed by atoms with Crippen molar-refractivity contribution in [3.05, 3.63) is 59.3 Å². The van der Waals surface area contributed by atoms with Crippen LogP contribution in [-0.4, -0.2) is 27.0 Å². The molecule has 26 heavy (non-hydrogen) atoms. The van der Waals surface area contributed by atoms with Gasteiger partial charge in [-0.2, -0.15) is 4.98 Å². The lowest BCUT2D eigenvalue weighted by molar-refractivity contribution is -0.132. The molecule has 4 rings (SSSR count). The van der Waals surface area contributed by atoms with Crippen LogP contribution in [0.4, 0.5) is 4.79 Å². The monoisotopic (exact) mass is 372 g/mol. The van der Waals surface area contributed by atoms with E-state index in [1.165, 1.54) is 6.26 Å². The summed E-state index contributed by atoms with van der Waals surface area (Å²) in [6, 6.07) is 9.64. The Morgan fingerprint density at radius 1 is 1.23 bits per heavy atom. The predicted octanol–water partition coefficient (Wildman–Crippen LogP) is 2.95. The molecule has 3 amide bonds. The first-order valence-electron chi connectivity index (χ1n) is 7.74. The van der Waals surface area contributed by atoms with Crippen LogP contribution in [0.25, 0.3) is 11.4 Å². The number of aromatic nitrogens is 2. The van der Waals surface area contributed by atoms with Gasteiger partial charge >= 0.3 is 6.03 Å². The van der Waals surface area contributed by atoms with Crippen molar-refractivity contribution in [1.82, 2.24) is 20.4 Å². The summed E-state index contributed by atoms with van der Waals surface area (Å²) in [6.07, 6.45) is 1.44. The molecule has 0 radical (unpaired) electrons. The Bertz CT molecular complexity index is 967. The first-order chi connectivity index (χ1) is 12.5. The highest BCUT2D eigenvalue weighted by atomic mass is 35.5. The van der Waals surface area contributed by atoms with Crippen molar-refractivity contribution < 1.29 is 18.5 Å². The van der Waals surface area contributed by atoms with Crippen LogP contribution in [0.1, 0.15) is 18.6 Å². The van der Waals surface area contributed by atoms with E-state index in [9.17, 15) is 9.59 Å². The van der Waals surface area contributed by atoms with E-state index in [0.717, 1.165) is 4.90 Å². The predicted molar refractivity (Wildman–Crippen MR) is 89.9 cm³/mol. The van der Waals surface area contributed by atoms with Crippen LogP contribution in [0, 0.1) is 0 Å². The van der Waals surface area contributed by atoms with Gasteiger partial charge in [0.1, 0.15) is 12.3 Å². The SMILES string of the molecule is C[C@]1(c2ccco2)NC(=O)N(Cc2nc(-c3ccc(Cl)cc3)no2)C1=O. The van der Waals surface area contributed by atoms with E-state index in [4.69, 9.17) is 20.5 Å². The number of rotatable bonds is 4. The molecule has 0 bridgehead atoms. The zero-order valence-electron chi connectivity index (χ0n) is 13.6. The largest absolute Gasteiger partial charge is 0.466 e. The van der Waals surface area contributed by atoms with Crippen molar-refractivity contribution in [2.45, 2.75) is 19.0 Å². The number of imide groups is 1. The highest BCUT2D eigenvalue weighted by Gasteiger charge is 2.51. The minimum Gasteiger partial charge on any atom is -0.466 e. The fourth-order valence-corrected chi connectivity index (χ4v) is 2.87. The molecule has 3 heterocycles. The van der Waals surface area contributed by atoms with E-state index in [1.807, 2.05) is 0 Å². The highest BCUT2D eigenvalue weighted by molar-refractivity contribution is 6.30. The number of hydrogen-bond donors (Lipinski definition) is 1. The Kier molecular flexibility index (Phi) is 3.77. The summed E-state index contributed by atoms with van der Waals surface area (Å²) in [4.78, 5) is 30.2. The lowest BCUT2D eigenvalue weighted by Crippen LogP contribution is -2.40. The molecule has 0 aliphatic carbocycles. The third-order valence-corrected chi connectivity index (χ3v) is 4.40. The number of benzene rings is 1. The smallest absolute Gasteiger partial charge is 0.325 e. The molecule has 9 heteroatoms. The molecule has 1 fully saturated rings. The Hall–Kier alpha value is -3.13. The third-order valence-electron chi connectivity index (χ3n) is 4.15. The second-order valence-electron chi connectivity index (χ2n) is 5.94. The van der Waals surface area contributed by atoms with E-state index >= 15 is 0 Å². The fourth-order valence-electron chi connectivity index (χ4n) is 2.74. The zero-order valence-corrected chi connectivity index (χ0v) is 14.4. The number of halogens is 1. The normalized spacial score (nSPS) is 19.8. The Morgan fingerprint density at radius 3 is 2.69 bits per heavy atom. The standard InChI is InChI=1S/C17H13ClN4O4/c1-17(12-3-2-8-25-12)15(23)22(16(24)20-17)9-13-19-14(21-26-13)10-4-6-11(18)7-5-10/h2-8H,9H2,1H3,(H,20,24)/t17-/m1/s1. The van der Waals surface area contributed by atoms with E-state index in [1.54, 1.807) is 43.3 Å². The molecule has 3 aromatic rings. The zero-order chi connectivity index (χ0) is 18.3. The Labute approximate surface area is 152 Å². The van der Waals surface area contributed by atoms with Gasteiger partial charge in [0.25, 0.3) is 5.91 Å². The van der Waals surface area contributed by atoms with Crippen molar-refractivity contribution in [2.24, 2.45) is 0 Å². The molecule has 8 nitrogen and oxygen atoms in total. The van der Waals surface area contributed by atoms with Crippen LogP contribution >= 0.6 is 11.6 Å². The van der Waals surface area contributed by atoms with Crippen molar-refractivity contribution in [2.75, 3.05) is 0 Å². The van der Waals surface area contributed by atoms with Crippen molar-refractivity contribution >= 4 is 23.5 Å². The van der Waals surface area contributed by atoms with E-state index < -0.39 is 17.5 Å². The topological polar surface area (TPSA) is 101 Å². The van der Waals surface area contributed by atoms with Crippen LogP contribution in [0.5, 0.6) is 0 Å². The summed E-state index contributed by atoms with van der Waals surface area (Å²) in [5.74, 6) is 0.383. The second-order valence-corrected chi connectivity index (χ2v) is 6.38. The Morgan fingerprint density at radius 2 is 2.00 bits per heavy atom. The summed E-state index contributed by atoms with van der Waals surface area (Å²) in [6.45, 7) is 1.45. The number of carbonyl (C=O) groups excluding carboxylic acids is 2. The number of nitrogens with one attached hydrogen (secondary N) is 1. The quantitative estimate of drug-likeness (QED) is 0.706.